The summed E-state index contributed by atoms with van der Waals surface area (Å²) in [7, 11) is 7.12. The highest BCUT2D eigenvalue weighted by molar-refractivity contribution is 5.89. The maximum absolute atomic E-state index is 14.6. The maximum Gasteiger partial charge on any atom is 0.338 e. The van der Waals surface area contributed by atoms with E-state index in [1.165, 1.54) is 14.0 Å². The Morgan fingerprint density at radius 3 is 2.17 bits per heavy atom. The van der Waals surface area contributed by atoms with Gasteiger partial charge in [-0.25, -0.2) is 4.79 Å². The number of esters is 2. The van der Waals surface area contributed by atoms with E-state index < -0.39 is 102 Å². The largest absolute Gasteiger partial charge is 0.459 e. The zero-order chi connectivity index (χ0) is 45.1. The summed E-state index contributed by atoms with van der Waals surface area (Å²) in [5, 5.41) is 47.9. The highest BCUT2D eigenvalue weighted by Gasteiger charge is 2.53. The lowest BCUT2D eigenvalue weighted by molar-refractivity contribution is -0.318. The van der Waals surface area contributed by atoms with Crippen LogP contribution in [0.3, 0.4) is 0 Å². The lowest BCUT2D eigenvalue weighted by Gasteiger charge is -2.48. The lowest BCUT2D eigenvalue weighted by Crippen LogP contribution is -2.61. The first-order valence-electron chi connectivity index (χ1n) is 21.7. The molecule has 3 saturated heterocycles. The summed E-state index contributed by atoms with van der Waals surface area (Å²) in [5.41, 5.74) is -4.24. The van der Waals surface area contributed by atoms with Gasteiger partial charge in [0, 0.05) is 38.1 Å². The molecule has 15 heteroatoms. The molecule has 1 aromatic carbocycles. The molecule has 3 aliphatic rings. The van der Waals surface area contributed by atoms with Crippen molar-refractivity contribution in [2.24, 2.45) is 17.8 Å². The minimum Gasteiger partial charge on any atom is -0.459 e. The minimum atomic E-state index is -1.88. The number of carbonyl (C=O) groups is 2. The van der Waals surface area contributed by atoms with E-state index in [9.17, 15) is 30.0 Å². The summed E-state index contributed by atoms with van der Waals surface area (Å²) in [5.74, 6) is -3.42. The Morgan fingerprint density at radius 2 is 1.58 bits per heavy atom. The van der Waals surface area contributed by atoms with Gasteiger partial charge in [0.2, 0.25) is 0 Å². The van der Waals surface area contributed by atoms with Crippen LogP contribution in [-0.4, -0.2) is 167 Å². The number of aliphatic hydroxyl groups is 4. The number of nitrogens with zero attached hydrogens (tertiary/aromatic N) is 2. The Hall–Kier alpha value is -2.28. The minimum absolute atomic E-state index is 0.108. The Labute approximate surface area is 357 Å². The van der Waals surface area contributed by atoms with E-state index in [0.717, 1.165) is 0 Å². The van der Waals surface area contributed by atoms with Gasteiger partial charge in [0.05, 0.1) is 47.1 Å². The fourth-order valence-electron chi connectivity index (χ4n) is 9.69. The first-order chi connectivity index (χ1) is 27.9. The molecule has 4 N–H and O–H groups in total. The van der Waals surface area contributed by atoms with Gasteiger partial charge in [-0.3, -0.25) is 9.69 Å². The molecule has 0 aromatic heterocycles. The Morgan fingerprint density at radius 1 is 0.950 bits per heavy atom. The predicted octanol–water partition coefficient (Wildman–Crippen LogP) is 3.77. The summed E-state index contributed by atoms with van der Waals surface area (Å²) >= 11 is 0. The van der Waals surface area contributed by atoms with Gasteiger partial charge in [-0.15, -0.1) is 0 Å². The summed E-state index contributed by atoms with van der Waals surface area (Å²) in [4.78, 5) is 32.1. The fraction of sp³-hybridized carbons (Fsp3) is 0.822. The number of hydrogen-bond acceptors (Lipinski definition) is 15. The third-order valence-electron chi connectivity index (χ3n) is 13.4. The van der Waals surface area contributed by atoms with E-state index in [1.54, 1.807) is 65.0 Å². The molecule has 3 heterocycles. The molecule has 18 atom stereocenters. The molecular formula is C45H76N2O13. The topological polar surface area (TPSA) is 186 Å². The van der Waals surface area contributed by atoms with Crippen LogP contribution in [0.5, 0.6) is 0 Å². The molecule has 0 spiro atoms. The molecule has 3 aliphatic heterocycles. The van der Waals surface area contributed by atoms with Crippen LogP contribution in [0.4, 0.5) is 0 Å². The third-order valence-corrected chi connectivity index (χ3v) is 13.4. The number of aliphatic hydroxyl groups excluding tert-OH is 2. The molecular weight excluding hydrogens is 776 g/mol. The van der Waals surface area contributed by atoms with Gasteiger partial charge in [-0.05, 0) is 107 Å². The number of cyclic esters (lactones) is 1. The van der Waals surface area contributed by atoms with E-state index >= 15 is 0 Å². The maximum atomic E-state index is 14.6. The molecule has 344 valence electrons. The number of benzene rings is 1. The van der Waals surface area contributed by atoms with Gasteiger partial charge in [0.15, 0.2) is 12.6 Å². The zero-order valence-corrected chi connectivity index (χ0v) is 38.4. The van der Waals surface area contributed by atoms with Crippen LogP contribution >= 0.6 is 0 Å². The number of methoxy groups -OCH3 is 1. The highest BCUT2D eigenvalue weighted by Crippen LogP contribution is 2.40. The molecule has 0 amide bonds. The molecule has 0 saturated carbocycles. The van der Waals surface area contributed by atoms with Crippen LogP contribution in [0.2, 0.25) is 0 Å². The average molecular weight is 853 g/mol. The molecule has 1 aromatic rings. The second-order valence-corrected chi connectivity index (χ2v) is 18.9. The molecule has 3 fully saturated rings. The average Bonchev–Trinajstić information content (AvgIpc) is 3.18. The van der Waals surface area contributed by atoms with Gasteiger partial charge in [-0.2, -0.15) is 0 Å². The van der Waals surface area contributed by atoms with Crippen LogP contribution in [0.15, 0.2) is 30.3 Å². The van der Waals surface area contributed by atoms with Crippen molar-refractivity contribution in [1.29, 1.82) is 0 Å². The molecule has 0 unspecified atom stereocenters. The summed E-state index contributed by atoms with van der Waals surface area (Å²) < 4.78 is 44.2. The zero-order valence-electron chi connectivity index (χ0n) is 38.4. The lowest BCUT2D eigenvalue weighted by atomic mass is 9.77. The van der Waals surface area contributed by atoms with Crippen molar-refractivity contribution in [1.82, 2.24) is 9.80 Å². The number of hydrogen-bond donors (Lipinski definition) is 4. The fourth-order valence-corrected chi connectivity index (χ4v) is 9.69. The van der Waals surface area contributed by atoms with E-state index in [1.807, 2.05) is 58.6 Å². The second kappa shape index (κ2) is 20.5. The smallest absolute Gasteiger partial charge is 0.338 e. The van der Waals surface area contributed by atoms with Crippen molar-refractivity contribution >= 4 is 11.9 Å². The number of rotatable bonds is 9. The van der Waals surface area contributed by atoms with Gasteiger partial charge < -0.3 is 58.5 Å². The SMILES string of the molecule is CC[C@@H]1OC(=O)[C@H](C)[C@@H](O[C@H]2C[C@@](C)(OC)[C@@H](O)[C@H](C)O2)[C@H](C)[C@@H](O[C@@H]2O[C@H](C)C[C@H](N(C)C)[C@H]2O)[C@@](C)(O)C[C@@H](C)CN(C)[C@@H](C)[C@@H](OC(=O)c2ccccc2)[C@]1(C)O. The van der Waals surface area contributed by atoms with Crippen LogP contribution in [-0.2, 0) is 38.0 Å². The van der Waals surface area contributed by atoms with Crippen molar-refractivity contribution in [3.05, 3.63) is 35.9 Å². The number of carbonyl (C=O) groups excluding carboxylic acids is 2. The monoisotopic (exact) mass is 853 g/mol. The first kappa shape index (κ1) is 50.4. The van der Waals surface area contributed by atoms with Crippen LogP contribution in [0.25, 0.3) is 0 Å². The molecule has 4 rings (SSSR count). The van der Waals surface area contributed by atoms with Crippen molar-refractivity contribution in [3.8, 4) is 0 Å². The van der Waals surface area contributed by atoms with Crippen molar-refractivity contribution < 1.29 is 63.2 Å². The standard InChI is InChI=1S/C45H76N2O13/c1-15-33-45(10,53)39(59-41(51)31-19-17-16-18-20-31)29(6)47(13)24-25(2)22-43(8,52)38(60-42-35(48)32(46(11)12)21-26(3)55-42)27(4)36(28(5)40(50)57-33)58-34-23-44(9,54-14)37(49)30(7)56-34/h16-20,25-30,32-39,42,48-49,52-53H,15,21-24H2,1-14H3/t25-,26-,27+,28-,29+,30+,32+,33+,34+,35-,36+,37+,38-,39-,42+,43+,44-,45-/m1/s1. The summed E-state index contributed by atoms with van der Waals surface area (Å²) in [6.45, 7) is 18.0. The van der Waals surface area contributed by atoms with E-state index in [4.69, 9.17) is 33.2 Å². The third kappa shape index (κ3) is 11.4. The van der Waals surface area contributed by atoms with Gasteiger partial charge in [0.1, 0.15) is 30.0 Å². The van der Waals surface area contributed by atoms with Crippen LogP contribution in [0, 0.1) is 17.8 Å². The predicted molar refractivity (Wildman–Crippen MR) is 224 cm³/mol. The van der Waals surface area contributed by atoms with Crippen molar-refractivity contribution in [3.63, 3.8) is 0 Å². The van der Waals surface area contributed by atoms with Gasteiger partial charge in [0.25, 0.3) is 0 Å². The quantitative estimate of drug-likeness (QED) is 0.263. The summed E-state index contributed by atoms with van der Waals surface area (Å²) in [6.07, 6.45) is -8.57. The van der Waals surface area contributed by atoms with Crippen LogP contribution < -0.4 is 0 Å². The second-order valence-electron chi connectivity index (χ2n) is 18.9. The normalized spacial score (nSPS) is 44.4. The molecule has 15 nitrogen and oxygen atoms in total. The van der Waals surface area contributed by atoms with E-state index in [0.29, 0.717) is 18.5 Å². The molecule has 0 bridgehead atoms. The van der Waals surface area contributed by atoms with E-state index in [-0.39, 0.29) is 37.3 Å². The van der Waals surface area contributed by atoms with Crippen molar-refractivity contribution in [2.45, 2.75) is 185 Å². The molecule has 60 heavy (non-hydrogen) atoms. The Bertz CT molecular complexity index is 1530. The van der Waals surface area contributed by atoms with E-state index in [2.05, 4.69) is 0 Å². The van der Waals surface area contributed by atoms with Crippen molar-refractivity contribution in [2.75, 3.05) is 34.8 Å². The van der Waals surface area contributed by atoms with Crippen LogP contribution in [0.1, 0.15) is 105 Å². The number of ether oxygens (including phenoxy) is 7. The Kier molecular flexibility index (Phi) is 17.2. The molecule has 0 radical (unpaired) electrons. The van der Waals surface area contributed by atoms with Gasteiger partial charge in [-0.1, -0.05) is 39.0 Å². The first-order valence-corrected chi connectivity index (χ1v) is 21.7. The number of likely N-dealkylation sites (N-methyl/N-ethyl adjacent to an activating group) is 2. The Balaban J connectivity index is 1.84. The summed E-state index contributed by atoms with van der Waals surface area (Å²) in [6, 6.07) is 7.61. The molecule has 0 aliphatic carbocycles. The van der Waals surface area contributed by atoms with Gasteiger partial charge >= 0.3 is 11.9 Å². The highest BCUT2D eigenvalue weighted by atomic mass is 16.7.